The molecule has 0 heterocycles. The maximum Gasteiger partial charge on any atom is 0.326 e. The van der Waals surface area contributed by atoms with Gasteiger partial charge in [-0.1, -0.05) is 30.3 Å². The normalized spacial score (nSPS) is 12.0. The van der Waals surface area contributed by atoms with Crippen molar-refractivity contribution < 1.29 is 14.7 Å². The van der Waals surface area contributed by atoms with Crippen LogP contribution in [-0.2, 0) is 4.79 Å². The van der Waals surface area contributed by atoms with Crippen LogP contribution in [0.15, 0.2) is 36.4 Å². The van der Waals surface area contributed by atoms with Gasteiger partial charge in [-0.2, -0.15) is 11.8 Å². The number of rotatable bonds is 6. The van der Waals surface area contributed by atoms with Crippen molar-refractivity contribution >= 4 is 40.1 Å². The van der Waals surface area contributed by atoms with E-state index in [9.17, 15) is 14.7 Å². The molecule has 0 saturated heterocycles. The summed E-state index contributed by atoms with van der Waals surface area (Å²) in [6, 6.07) is 9.96. The van der Waals surface area contributed by atoms with E-state index in [1.54, 1.807) is 12.1 Å². The number of aliphatic carboxylic acids is 1. The fourth-order valence-corrected chi connectivity index (χ4v) is 2.74. The number of carboxylic acid groups (broad SMARTS) is 1. The number of carboxylic acids is 1. The summed E-state index contributed by atoms with van der Waals surface area (Å²) in [5.41, 5.74) is 6.59. The third kappa shape index (κ3) is 3.51. The molecule has 2 rings (SSSR count). The smallest absolute Gasteiger partial charge is 0.326 e. The molecule has 1 amide bonds. The maximum atomic E-state index is 12.5. The predicted octanol–water partition coefficient (Wildman–Crippen LogP) is 2.36. The molecule has 4 N–H and O–H groups in total. The quantitative estimate of drug-likeness (QED) is 0.711. The van der Waals surface area contributed by atoms with Crippen molar-refractivity contribution in [3.05, 3.63) is 42.0 Å². The topological polar surface area (TPSA) is 92.4 Å². The van der Waals surface area contributed by atoms with Crippen molar-refractivity contribution in [2.45, 2.75) is 12.5 Å². The molecule has 0 aliphatic rings. The summed E-state index contributed by atoms with van der Waals surface area (Å²) in [4.78, 5) is 23.8. The summed E-state index contributed by atoms with van der Waals surface area (Å²) >= 11 is 1.54. The highest BCUT2D eigenvalue weighted by atomic mass is 32.2. The van der Waals surface area contributed by atoms with E-state index in [2.05, 4.69) is 5.32 Å². The molecule has 0 radical (unpaired) electrons. The molecule has 0 unspecified atom stereocenters. The Morgan fingerprint density at radius 1 is 1.27 bits per heavy atom. The number of thioether (sulfide) groups is 1. The van der Waals surface area contributed by atoms with Crippen LogP contribution in [0.2, 0.25) is 0 Å². The van der Waals surface area contributed by atoms with Crippen molar-refractivity contribution in [3.63, 3.8) is 0 Å². The molecule has 0 fully saturated rings. The second-order valence-electron chi connectivity index (χ2n) is 4.90. The van der Waals surface area contributed by atoms with Crippen LogP contribution in [0.25, 0.3) is 10.8 Å². The number of hydrogen-bond donors (Lipinski definition) is 3. The van der Waals surface area contributed by atoms with Crippen molar-refractivity contribution in [2.75, 3.05) is 17.7 Å². The molecule has 6 heteroatoms. The van der Waals surface area contributed by atoms with E-state index in [-0.39, 0.29) is 0 Å². The Balaban J connectivity index is 2.32. The Morgan fingerprint density at radius 3 is 2.68 bits per heavy atom. The van der Waals surface area contributed by atoms with Crippen molar-refractivity contribution in [1.82, 2.24) is 5.32 Å². The van der Waals surface area contributed by atoms with Crippen LogP contribution in [-0.4, -0.2) is 35.0 Å². The van der Waals surface area contributed by atoms with Gasteiger partial charge in [0, 0.05) is 5.69 Å². The van der Waals surface area contributed by atoms with Gasteiger partial charge in [0.25, 0.3) is 5.91 Å². The summed E-state index contributed by atoms with van der Waals surface area (Å²) in [5, 5.41) is 13.4. The zero-order valence-corrected chi connectivity index (χ0v) is 13.0. The second-order valence-corrected chi connectivity index (χ2v) is 5.88. The first-order valence-electron chi connectivity index (χ1n) is 6.84. The fourth-order valence-electron chi connectivity index (χ4n) is 2.27. The molecule has 5 nitrogen and oxygen atoms in total. The summed E-state index contributed by atoms with van der Waals surface area (Å²) in [6.07, 6.45) is 2.26. The highest BCUT2D eigenvalue weighted by Gasteiger charge is 2.22. The number of nitrogen functional groups attached to an aromatic ring is 1. The molecule has 0 bridgehead atoms. The van der Waals surface area contributed by atoms with Gasteiger partial charge >= 0.3 is 5.97 Å². The van der Waals surface area contributed by atoms with E-state index in [1.165, 1.54) is 11.8 Å². The zero-order valence-electron chi connectivity index (χ0n) is 12.2. The van der Waals surface area contributed by atoms with E-state index in [0.717, 1.165) is 5.39 Å². The average Bonchev–Trinajstić information content (AvgIpc) is 2.50. The van der Waals surface area contributed by atoms with E-state index < -0.39 is 17.9 Å². The SMILES string of the molecule is CSCC[C@H](NC(=O)c1c(N)ccc2ccccc12)C(=O)O. The van der Waals surface area contributed by atoms with Gasteiger partial charge in [-0.05, 0) is 35.3 Å². The minimum atomic E-state index is -1.04. The lowest BCUT2D eigenvalue weighted by molar-refractivity contribution is -0.139. The standard InChI is InChI=1S/C16H18N2O3S/c1-22-9-8-13(16(20)21)18-15(19)14-11-5-3-2-4-10(11)6-7-12(14)17/h2-7,13H,8-9,17H2,1H3,(H,18,19)(H,20,21)/t13-/m0/s1. The highest BCUT2D eigenvalue weighted by Crippen LogP contribution is 2.24. The highest BCUT2D eigenvalue weighted by molar-refractivity contribution is 7.98. The van der Waals surface area contributed by atoms with Crippen LogP contribution in [0.3, 0.4) is 0 Å². The van der Waals surface area contributed by atoms with Crippen molar-refractivity contribution in [3.8, 4) is 0 Å². The van der Waals surface area contributed by atoms with Gasteiger partial charge in [0.05, 0.1) is 5.56 Å². The van der Waals surface area contributed by atoms with Gasteiger partial charge < -0.3 is 16.2 Å². The Hall–Kier alpha value is -2.21. The molecule has 0 aromatic heterocycles. The molecule has 0 saturated carbocycles. The molecular formula is C16H18N2O3S. The number of anilines is 1. The minimum absolute atomic E-state index is 0.327. The van der Waals surface area contributed by atoms with Crippen LogP contribution in [0, 0.1) is 0 Å². The largest absolute Gasteiger partial charge is 0.480 e. The summed E-state index contributed by atoms with van der Waals surface area (Å²) in [5.74, 6) is -0.841. The number of fused-ring (bicyclic) bond motifs is 1. The van der Waals surface area contributed by atoms with Crippen molar-refractivity contribution in [1.29, 1.82) is 0 Å². The van der Waals surface area contributed by atoms with Gasteiger partial charge in [0.1, 0.15) is 6.04 Å². The van der Waals surface area contributed by atoms with E-state index >= 15 is 0 Å². The Labute approximate surface area is 132 Å². The first-order valence-corrected chi connectivity index (χ1v) is 8.23. The van der Waals surface area contributed by atoms with Crippen LogP contribution in [0.5, 0.6) is 0 Å². The third-order valence-corrected chi connectivity index (χ3v) is 4.05. The Bertz CT molecular complexity index is 703. The molecule has 0 aliphatic heterocycles. The van der Waals surface area contributed by atoms with Gasteiger partial charge in [-0.3, -0.25) is 4.79 Å². The van der Waals surface area contributed by atoms with Crippen LogP contribution < -0.4 is 11.1 Å². The molecule has 2 aromatic carbocycles. The van der Waals surface area contributed by atoms with Gasteiger partial charge in [-0.25, -0.2) is 4.79 Å². The molecule has 0 aliphatic carbocycles. The first kappa shape index (κ1) is 16.2. The summed E-state index contributed by atoms with van der Waals surface area (Å²) in [6.45, 7) is 0. The number of hydrogen-bond acceptors (Lipinski definition) is 4. The van der Waals surface area contributed by atoms with Crippen LogP contribution >= 0.6 is 11.8 Å². The number of nitrogens with two attached hydrogens (primary N) is 1. The number of carbonyl (C=O) groups excluding carboxylic acids is 1. The van der Waals surface area contributed by atoms with E-state index in [1.807, 2.05) is 30.5 Å². The number of benzene rings is 2. The lowest BCUT2D eigenvalue weighted by Gasteiger charge is -2.16. The summed E-state index contributed by atoms with van der Waals surface area (Å²) in [7, 11) is 0. The van der Waals surface area contributed by atoms with Crippen molar-refractivity contribution in [2.24, 2.45) is 0 Å². The monoisotopic (exact) mass is 318 g/mol. The molecule has 2 aromatic rings. The van der Waals surface area contributed by atoms with E-state index in [4.69, 9.17) is 5.73 Å². The molecular weight excluding hydrogens is 300 g/mol. The molecule has 0 spiro atoms. The first-order chi connectivity index (χ1) is 10.5. The van der Waals surface area contributed by atoms with Crippen LogP contribution in [0.1, 0.15) is 16.8 Å². The lowest BCUT2D eigenvalue weighted by Crippen LogP contribution is -2.41. The number of nitrogens with one attached hydrogen (secondary N) is 1. The predicted molar refractivity (Wildman–Crippen MR) is 90.2 cm³/mol. The maximum absolute atomic E-state index is 12.5. The molecule has 22 heavy (non-hydrogen) atoms. The zero-order chi connectivity index (χ0) is 16.1. The molecule has 1 atom stereocenters. The van der Waals surface area contributed by atoms with E-state index in [0.29, 0.717) is 28.8 Å². The van der Waals surface area contributed by atoms with Gasteiger partial charge in [0.15, 0.2) is 0 Å². The number of amides is 1. The number of carbonyl (C=O) groups is 2. The third-order valence-electron chi connectivity index (χ3n) is 3.40. The Morgan fingerprint density at radius 2 is 2.00 bits per heavy atom. The fraction of sp³-hybridized carbons (Fsp3) is 0.250. The minimum Gasteiger partial charge on any atom is -0.480 e. The Kier molecular flexibility index (Phi) is 5.27. The van der Waals surface area contributed by atoms with Crippen LogP contribution in [0.4, 0.5) is 5.69 Å². The molecule has 116 valence electrons. The van der Waals surface area contributed by atoms with Gasteiger partial charge in [0.2, 0.25) is 0 Å². The lowest BCUT2D eigenvalue weighted by atomic mass is 10.0. The second kappa shape index (κ2) is 7.17. The van der Waals surface area contributed by atoms with Gasteiger partial charge in [-0.15, -0.1) is 0 Å². The summed E-state index contributed by atoms with van der Waals surface area (Å²) < 4.78 is 0. The average molecular weight is 318 g/mol.